The summed E-state index contributed by atoms with van der Waals surface area (Å²) < 4.78 is 0. The Kier molecular flexibility index (Phi) is 5.36. The fourth-order valence-electron chi connectivity index (χ4n) is 1.96. The van der Waals surface area contributed by atoms with Gasteiger partial charge < -0.3 is 11.1 Å². The monoisotopic (exact) mass is 247 g/mol. The van der Waals surface area contributed by atoms with Gasteiger partial charge in [0.25, 0.3) is 0 Å². The van der Waals surface area contributed by atoms with Crippen LogP contribution in [0.5, 0.6) is 0 Å². The second-order valence-electron chi connectivity index (χ2n) is 3.88. The van der Waals surface area contributed by atoms with Crippen molar-refractivity contribution < 1.29 is 0 Å². The van der Waals surface area contributed by atoms with Gasteiger partial charge in [-0.3, -0.25) is 0 Å². The van der Waals surface area contributed by atoms with E-state index in [2.05, 4.69) is 10.3 Å². The number of nitrogens with two attached hydrogens (primary N) is 1. The summed E-state index contributed by atoms with van der Waals surface area (Å²) >= 11 is 1.58. The third-order valence-electron chi connectivity index (χ3n) is 2.74. The SMILES string of the molecule is Cl.Nc1ncc(CNC2CCCCC2)s1. The highest BCUT2D eigenvalue weighted by molar-refractivity contribution is 7.15. The average Bonchev–Trinajstić information content (AvgIpc) is 2.63. The van der Waals surface area contributed by atoms with Gasteiger partial charge in [0.15, 0.2) is 5.13 Å². The van der Waals surface area contributed by atoms with Crippen molar-refractivity contribution >= 4 is 28.9 Å². The summed E-state index contributed by atoms with van der Waals surface area (Å²) in [6.07, 6.45) is 8.69. The van der Waals surface area contributed by atoms with Gasteiger partial charge in [-0.2, -0.15) is 0 Å². The number of nitrogens with one attached hydrogen (secondary N) is 1. The van der Waals surface area contributed by atoms with Crippen LogP contribution >= 0.6 is 23.7 Å². The van der Waals surface area contributed by atoms with Crippen LogP contribution in [-0.2, 0) is 6.54 Å². The Balaban J connectivity index is 0.00000112. The van der Waals surface area contributed by atoms with Crippen molar-refractivity contribution in [2.24, 2.45) is 0 Å². The molecule has 0 unspecified atom stereocenters. The second-order valence-corrected chi connectivity index (χ2v) is 5.03. The highest BCUT2D eigenvalue weighted by Gasteiger charge is 2.12. The summed E-state index contributed by atoms with van der Waals surface area (Å²) in [5.41, 5.74) is 5.57. The Morgan fingerprint density at radius 2 is 2.13 bits per heavy atom. The fraction of sp³-hybridized carbons (Fsp3) is 0.700. The van der Waals surface area contributed by atoms with Crippen LogP contribution < -0.4 is 11.1 Å². The molecule has 1 saturated carbocycles. The number of nitrogens with zero attached hydrogens (tertiary/aromatic N) is 1. The molecule has 1 fully saturated rings. The summed E-state index contributed by atoms with van der Waals surface area (Å²) in [6, 6.07) is 0.715. The Morgan fingerprint density at radius 1 is 1.40 bits per heavy atom. The first-order chi connectivity index (χ1) is 6.84. The molecule has 15 heavy (non-hydrogen) atoms. The number of hydrogen-bond acceptors (Lipinski definition) is 4. The molecule has 0 atom stereocenters. The summed E-state index contributed by atoms with van der Waals surface area (Å²) in [7, 11) is 0. The Morgan fingerprint density at radius 3 is 2.73 bits per heavy atom. The average molecular weight is 248 g/mol. The van der Waals surface area contributed by atoms with E-state index in [0.717, 1.165) is 6.54 Å². The van der Waals surface area contributed by atoms with E-state index in [0.29, 0.717) is 11.2 Å². The predicted molar refractivity (Wildman–Crippen MR) is 67.5 cm³/mol. The van der Waals surface area contributed by atoms with Crippen LogP contribution in [0, 0.1) is 0 Å². The Hall–Kier alpha value is -0.320. The number of hydrogen-bond donors (Lipinski definition) is 2. The van der Waals surface area contributed by atoms with E-state index >= 15 is 0 Å². The van der Waals surface area contributed by atoms with Gasteiger partial charge >= 0.3 is 0 Å². The van der Waals surface area contributed by atoms with E-state index in [1.165, 1.54) is 37.0 Å². The van der Waals surface area contributed by atoms with Crippen molar-refractivity contribution in [3.8, 4) is 0 Å². The number of halogens is 1. The third-order valence-corrected chi connectivity index (χ3v) is 3.57. The smallest absolute Gasteiger partial charge is 0.180 e. The second kappa shape index (κ2) is 6.30. The standard InChI is InChI=1S/C10H17N3S.ClH/c11-10-13-7-9(14-10)6-12-8-4-2-1-3-5-8;/h7-8,12H,1-6H2,(H2,11,13);1H. The molecule has 1 aromatic heterocycles. The molecule has 3 nitrogen and oxygen atoms in total. The van der Waals surface area contributed by atoms with Crippen LogP contribution in [-0.4, -0.2) is 11.0 Å². The van der Waals surface area contributed by atoms with E-state index in [1.54, 1.807) is 11.3 Å². The minimum Gasteiger partial charge on any atom is -0.375 e. The summed E-state index contributed by atoms with van der Waals surface area (Å²) in [4.78, 5) is 5.28. The summed E-state index contributed by atoms with van der Waals surface area (Å²) in [5, 5.41) is 4.24. The molecule has 0 amide bonds. The van der Waals surface area contributed by atoms with Crippen molar-refractivity contribution in [1.82, 2.24) is 10.3 Å². The molecule has 0 saturated heterocycles. The molecule has 0 bridgehead atoms. The normalized spacial score (nSPS) is 17.3. The molecule has 3 N–H and O–H groups in total. The lowest BCUT2D eigenvalue weighted by molar-refractivity contribution is 0.373. The quantitative estimate of drug-likeness (QED) is 0.863. The zero-order valence-corrected chi connectivity index (χ0v) is 10.4. The van der Waals surface area contributed by atoms with E-state index in [9.17, 15) is 0 Å². The van der Waals surface area contributed by atoms with E-state index in [-0.39, 0.29) is 12.4 Å². The molecule has 1 aromatic rings. The molecule has 0 aliphatic heterocycles. The van der Waals surface area contributed by atoms with Crippen LogP contribution in [0.4, 0.5) is 5.13 Å². The largest absolute Gasteiger partial charge is 0.375 e. The number of anilines is 1. The molecule has 0 spiro atoms. The highest BCUT2D eigenvalue weighted by atomic mass is 35.5. The van der Waals surface area contributed by atoms with Gasteiger partial charge in [0, 0.05) is 23.7 Å². The summed E-state index contributed by atoms with van der Waals surface area (Å²) in [6.45, 7) is 0.930. The topological polar surface area (TPSA) is 50.9 Å². The summed E-state index contributed by atoms with van der Waals surface area (Å²) in [5.74, 6) is 0. The zero-order chi connectivity index (χ0) is 9.80. The van der Waals surface area contributed by atoms with Gasteiger partial charge in [0.2, 0.25) is 0 Å². The minimum absolute atomic E-state index is 0. The fourth-order valence-corrected chi connectivity index (χ4v) is 2.59. The molecule has 5 heteroatoms. The Labute approximate surface area is 101 Å². The van der Waals surface area contributed by atoms with Crippen LogP contribution in [0.25, 0.3) is 0 Å². The van der Waals surface area contributed by atoms with Crippen molar-refractivity contribution in [1.29, 1.82) is 0 Å². The number of rotatable bonds is 3. The third kappa shape index (κ3) is 3.97. The van der Waals surface area contributed by atoms with E-state index in [1.807, 2.05) is 6.20 Å². The van der Waals surface area contributed by atoms with Gasteiger partial charge in [-0.05, 0) is 12.8 Å². The molecular formula is C10H18ClN3S. The predicted octanol–water partition coefficient (Wildman–Crippen LogP) is 2.57. The number of thiazole rings is 1. The van der Waals surface area contributed by atoms with E-state index in [4.69, 9.17) is 5.73 Å². The zero-order valence-electron chi connectivity index (χ0n) is 8.74. The van der Waals surface area contributed by atoms with Gasteiger partial charge in [-0.1, -0.05) is 19.3 Å². The Bertz CT molecular complexity index is 284. The van der Waals surface area contributed by atoms with Crippen molar-refractivity contribution in [2.75, 3.05) is 5.73 Å². The van der Waals surface area contributed by atoms with Gasteiger partial charge in [-0.25, -0.2) is 4.98 Å². The first-order valence-electron chi connectivity index (χ1n) is 5.28. The maximum absolute atomic E-state index is 5.57. The molecule has 1 aliphatic rings. The van der Waals surface area contributed by atoms with Gasteiger partial charge in [-0.15, -0.1) is 23.7 Å². The lowest BCUT2D eigenvalue weighted by atomic mass is 9.95. The molecule has 1 aliphatic carbocycles. The van der Waals surface area contributed by atoms with Crippen LogP contribution in [0.1, 0.15) is 37.0 Å². The van der Waals surface area contributed by atoms with Crippen LogP contribution in [0.15, 0.2) is 6.20 Å². The van der Waals surface area contributed by atoms with E-state index < -0.39 is 0 Å². The maximum atomic E-state index is 5.57. The van der Waals surface area contributed by atoms with Crippen LogP contribution in [0.3, 0.4) is 0 Å². The van der Waals surface area contributed by atoms with Gasteiger partial charge in [0.1, 0.15) is 0 Å². The molecule has 0 aromatic carbocycles. The molecule has 0 radical (unpaired) electrons. The molecular weight excluding hydrogens is 230 g/mol. The van der Waals surface area contributed by atoms with Gasteiger partial charge in [0.05, 0.1) is 0 Å². The molecule has 2 rings (SSSR count). The first-order valence-corrected chi connectivity index (χ1v) is 6.10. The van der Waals surface area contributed by atoms with Crippen molar-refractivity contribution in [2.45, 2.75) is 44.7 Å². The van der Waals surface area contributed by atoms with Crippen molar-refractivity contribution in [3.05, 3.63) is 11.1 Å². The molecule has 86 valence electrons. The number of aromatic nitrogens is 1. The molecule has 1 heterocycles. The van der Waals surface area contributed by atoms with Crippen molar-refractivity contribution in [3.63, 3.8) is 0 Å². The maximum Gasteiger partial charge on any atom is 0.180 e. The lowest BCUT2D eigenvalue weighted by Crippen LogP contribution is -2.30. The minimum atomic E-state index is 0. The van der Waals surface area contributed by atoms with Crippen LogP contribution in [0.2, 0.25) is 0 Å². The highest BCUT2D eigenvalue weighted by Crippen LogP contribution is 2.19. The number of nitrogen functional groups attached to an aromatic ring is 1. The lowest BCUT2D eigenvalue weighted by Gasteiger charge is -2.22. The first kappa shape index (κ1) is 12.7.